The number of imidazole rings is 2. The first-order valence-electron chi connectivity index (χ1n) is 16.3. The lowest BCUT2D eigenvalue weighted by Gasteiger charge is -2.26. The molecule has 0 radical (unpaired) electrons. The van der Waals surface area contributed by atoms with Gasteiger partial charge in [0.15, 0.2) is 0 Å². The minimum Gasteiger partial charge on any atom is -0.453 e. The van der Waals surface area contributed by atoms with E-state index in [-0.39, 0.29) is 30.4 Å². The van der Waals surface area contributed by atoms with Crippen molar-refractivity contribution in [1.82, 2.24) is 40.4 Å². The van der Waals surface area contributed by atoms with E-state index in [1.807, 2.05) is 24.3 Å². The Hall–Kier alpha value is -5.66. The van der Waals surface area contributed by atoms with Crippen LogP contribution in [0.15, 0.2) is 60.9 Å². The molecule has 2 fully saturated rings. The van der Waals surface area contributed by atoms with Gasteiger partial charge in [-0.25, -0.2) is 19.6 Å². The maximum atomic E-state index is 13.0. The number of aromatic amines is 2. The zero-order valence-electron chi connectivity index (χ0n) is 27.7. The van der Waals surface area contributed by atoms with E-state index >= 15 is 0 Å². The molecule has 0 saturated carbocycles. The summed E-state index contributed by atoms with van der Waals surface area (Å²) in [4.78, 5) is 68.3. The Kier molecular flexibility index (Phi) is 9.92. The number of nitrogens with one attached hydrogen (secondary N) is 4. The smallest absolute Gasteiger partial charge is 0.407 e. The van der Waals surface area contributed by atoms with Gasteiger partial charge >= 0.3 is 12.2 Å². The molecule has 6 rings (SSSR count). The summed E-state index contributed by atoms with van der Waals surface area (Å²) in [6.45, 7) is 2.73. The second kappa shape index (κ2) is 14.6. The SMILES string of the molecule is COC(=O)NCC(=O)N1CCC[C@H]1c1ncc(-c2ccc(-c3ccc(-c4cnc([C@@H]5CCCN5C(=O)[C@H](C)NC(=O)OC)[nH]4)cc3)cc2)[nH]1. The van der Waals surface area contributed by atoms with Crippen LogP contribution in [0.4, 0.5) is 9.59 Å². The van der Waals surface area contributed by atoms with Gasteiger partial charge in [-0.05, 0) is 54.9 Å². The molecule has 14 heteroatoms. The Labute approximate surface area is 283 Å². The summed E-state index contributed by atoms with van der Waals surface area (Å²) in [5.74, 6) is 1.09. The second-order valence-electron chi connectivity index (χ2n) is 12.2. The number of H-pyrrole nitrogens is 2. The second-order valence-corrected chi connectivity index (χ2v) is 12.2. The zero-order valence-corrected chi connectivity index (χ0v) is 27.7. The number of methoxy groups -OCH3 is 2. The summed E-state index contributed by atoms with van der Waals surface area (Å²) in [7, 11) is 2.53. The van der Waals surface area contributed by atoms with Crippen molar-refractivity contribution in [2.24, 2.45) is 0 Å². The molecule has 0 unspecified atom stereocenters. The number of nitrogens with zero attached hydrogens (tertiary/aromatic N) is 4. The number of hydrogen-bond donors (Lipinski definition) is 4. The van der Waals surface area contributed by atoms with Crippen LogP contribution in [0.1, 0.15) is 56.3 Å². The largest absolute Gasteiger partial charge is 0.453 e. The van der Waals surface area contributed by atoms with Crippen LogP contribution < -0.4 is 10.6 Å². The Morgan fingerprint density at radius 1 is 0.755 bits per heavy atom. The van der Waals surface area contributed by atoms with Gasteiger partial charge in [-0.3, -0.25) is 9.59 Å². The van der Waals surface area contributed by atoms with Crippen molar-refractivity contribution in [2.45, 2.75) is 50.7 Å². The third-order valence-electron chi connectivity index (χ3n) is 9.12. The first-order valence-corrected chi connectivity index (χ1v) is 16.3. The van der Waals surface area contributed by atoms with Crippen molar-refractivity contribution in [2.75, 3.05) is 33.9 Å². The molecule has 14 nitrogen and oxygen atoms in total. The molecule has 0 aliphatic carbocycles. The van der Waals surface area contributed by atoms with E-state index in [4.69, 9.17) is 0 Å². The number of aromatic nitrogens is 4. The average Bonchev–Trinajstić information content (AvgIpc) is 3.96. The van der Waals surface area contributed by atoms with E-state index in [1.165, 1.54) is 14.2 Å². The van der Waals surface area contributed by atoms with Crippen LogP contribution in [-0.4, -0.2) is 93.6 Å². The summed E-state index contributed by atoms with van der Waals surface area (Å²) >= 11 is 0. The molecule has 2 aromatic carbocycles. The number of benzene rings is 2. The van der Waals surface area contributed by atoms with Crippen LogP contribution in [0, 0.1) is 0 Å². The van der Waals surface area contributed by atoms with Gasteiger partial charge < -0.3 is 39.9 Å². The monoisotopic (exact) mass is 668 g/mol. The van der Waals surface area contributed by atoms with E-state index < -0.39 is 18.2 Å². The fourth-order valence-corrected chi connectivity index (χ4v) is 6.52. The van der Waals surface area contributed by atoms with Gasteiger partial charge in [0.25, 0.3) is 0 Å². The Bertz CT molecular complexity index is 1800. The highest BCUT2D eigenvalue weighted by molar-refractivity contribution is 5.86. The number of carbonyl (C=O) groups excluding carboxylic acids is 4. The topological polar surface area (TPSA) is 175 Å². The van der Waals surface area contributed by atoms with Crippen LogP contribution in [0.25, 0.3) is 33.6 Å². The van der Waals surface area contributed by atoms with Crippen molar-refractivity contribution >= 4 is 24.0 Å². The maximum absolute atomic E-state index is 13.0. The summed E-state index contributed by atoms with van der Waals surface area (Å²) in [5, 5.41) is 5.01. The number of hydrogen-bond acceptors (Lipinski definition) is 8. The first-order chi connectivity index (χ1) is 23.7. The standard InChI is InChI=1S/C35H40N8O6/c1-21(39-35(47)49-3)33(45)43-17-5-7-29(43)32-37-19-27(41-32)25-14-10-23(11-15-25)22-8-12-24(13-9-22)26-18-36-31(40-26)28-6-4-16-42(28)30(44)20-38-34(46)48-2/h8-15,18-19,21,28-29H,4-7,16-17,20H2,1-3H3,(H,36,40)(H,37,41)(H,38,46)(H,39,47)/t21-,28-,29-/m0/s1. The maximum Gasteiger partial charge on any atom is 0.407 e. The van der Waals surface area contributed by atoms with Gasteiger partial charge in [0.2, 0.25) is 11.8 Å². The molecule has 3 atom stereocenters. The first kappa shape index (κ1) is 33.2. The molecule has 2 aromatic heterocycles. The Morgan fingerprint density at radius 2 is 1.22 bits per heavy atom. The molecule has 4 N–H and O–H groups in total. The molecule has 0 bridgehead atoms. The van der Waals surface area contributed by atoms with Gasteiger partial charge in [0, 0.05) is 13.1 Å². The van der Waals surface area contributed by atoms with Crippen LogP contribution in [0.3, 0.4) is 0 Å². The van der Waals surface area contributed by atoms with Crippen LogP contribution in [0.5, 0.6) is 0 Å². The molecule has 2 saturated heterocycles. The molecular formula is C35H40N8O6. The van der Waals surface area contributed by atoms with Gasteiger partial charge in [-0.1, -0.05) is 48.5 Å². The molecule has 4 aromatic rings. The lowest BCUT2D eigenvalue weighted by atomic mass is 10.0. The van der Waals surface area contributed by atoms with E-state index in [1.54, 1.807) is 29.1 Å². The minimum atomic E-state index is -0.704. The summed E-state index contributed by atoms with van der Waals surface area (Å²) in [6, 6.07) is 15.3. The fraction of sp³-hybridized carbons (Fsp3) is 0.371. The predicted molar refractivity (Wildman–Crippen MR) is 180 cm³/mol. The lowest BCUT2D eigenvalue weighted by Crippen LogP contribution is -2.46. The van der Waals surface area contributed by atoms with Crippen molar-refractivity contribution < 1.29 is 28.7 Å². The summed E-state index contributed by atoms with van der Waals surface area (Å²) in [6.07, 6.45) is 5.58. The van der Waals surface area contributed by atoms with Crippen molar-refractivity contribution in [3.8, 4) is 33.6 Å². The Balaban J connectivity index is 1.09. The number of alkyl carbamates (subject to hydrolysis) is 2. The molecule has 0 spiro atoms. The third-order valence-corrected chi connectivity index (χ3v) is 9.12. The van der Waals surface area contributed by atoms with Crippen molar-refractivity contribution in [3.63, 3.8) is 0 Å². The molecular weight excluding hydrogens is 628 g/mol. The number of likely N-dealkylation sites (tertiary alicyclic amines) is 2. The van der Waals surface area contributed by atoms with Gasteiger partial charge in [0.1, 0.15) is 24.2 Å². The highest BCUT2D eigenvalue weighted by Gasteiger charge is 2.35. The van der Waals surface area contributed by atoms with Crippen LogP contribution >= 0.6 is 0 Å². The van der Waals surface area contributed by atoms with E-state index in [0.29, 0.717) is 13.1 Å². The van der Waals surface area contributed by atoms with E-state index in [9.17, 15) is 19.2 Å². The highest BCUT2D eigenvalue weighted by atomic mass is 16.5. The van der Waals surface area contributed by atoms with Crippen molar-refractivity contribution in [1.29, 1.82) is 0 Å². The number of amides is 4. The molecule has 49 heavy (non-hydrogen) atoms. The number of rotatable bonds is 9. The molecule has 256 valence electrons. The van der Waals surface area contributed by atoms with E-state index in [2.05, 4.69) is 64.3 Å². The third kappa shape index (κ3) is 7.27. The van der Waals surface area contributed by atoms with Crippen LogP contribution in [-0.2, 0) is 19.1 Å². The average molecular weight is 669 g/mol. The van der Waals surface area contributed by atoms with Gasteiger partial charge in [-0.2, -0.15) is 0 Å². The Morgan fingerprint density at radius 3 is 1.73 bits per heavy atom. The van der Waals surface area contributed by atoms with Gasteiger partial charge in [0.05, 0.1) is 50.1 Å². The number of ether oxygens (including phenoxy) is 2. The van der Waals surface area contributed by atoms with Gasteiger partial charge in [-0.15, -0.1) is 0 Å². The van der Waals surface area contributed by atoms with E-state index in [0.717, 1.165) is 71.0 Å². The molecule has 4 amide bonds. The summed E-state index contributed by atoms with van der Waals surface area (Å²) < 4.78 is 9.20. The minimum absolute atomic E-state index is 0.123. The highest BCUT2D eigenvalue weighted by Crippen LogP contribution is 2.34. The predicted octanol–water partition coefficient (Wildman–Crippen LogP) is 4.56. The molecule has 4 heterocycles. The quantitative estimate of drug-likeness (QED) is 0.201. The normalized spacial score (nSPS) is 17.9. The summed E-state index contributed by atoms with van der Waals surface area (Å²) in [5.41, 5.74) is 5.77. The molecule has 2 aliphatic rings. The fourth-order valence-electron chi connectivity index (χ4n) is 6.52. The lowest BCUT2D eigenvalue weighted by molar-refractivity contribution is -0.134. The van der Waals surface area contributed by atoms with Crippen molar-refractivity contribution in [3.05, 3.63) is 72.6 Å². The van der Waals surface area contributed by atoms with Crippen LogP contribution in [0.2, 0.25) is 0 Å². The number of carbonyl (C=O) groups is 4. The molecule has 2 aliphatic heterocycles. The zero-order chi connectivity index (χ0) is 34.5.